The first-order valence-corrected chi connectivity index (χ1v) is 8.57. The summed E-state index contributed by atoms with van der Waals surface area (Å²) < 4.78 is 40.5. The molecule has 24 heavy (non-hydrogen) atoms. The Morgan fingerprint density at radius 3 is 2.46 bits per heavy atom. The average molecular weight is 468 g/mol. The second kappa shape index (κ2) is 6.14. The summed E-state index contributed by atoms with van der Waals surface area (Å²) in [5.41, 5.74) is -2.16. The van der Waals surface area contributed by atoms with Crippen molar-refractivity contribution in [1.29, 1.82) is 0 Å². The molecule has 0 atom stereocenters. The summed E-state index contributed by atoms with van der Waals surface area (Å²) in [5, 5.41) is 6.26. The highest BCUT2D eigenvalue weighted by Crippen LogP contribution is 2.42. The molecule has 128 valence electrons. The van der Waals surface area contributed by atoms with E-state index in [1.54, 1.807) is 12.1 Å². The second-order valence-corrected chi connectivity index (χ2v) is 7.24. The molecule has 0 bridgehead atoms. The first-order chi connectivity index (χ1) is 11.2. The van der Waals surface area contributed by atoms with Crippen LogP contribution in [0.1, 0.15) is 25.0 Å². The Hall–Kier alpha value is -1.42. The monoisotopic (exact) mass is 466 g/mol. The fraction of sp³-hybridized carbons (Fsp3) is 0.357. The summed E-state index contributed by atoms with van der Waals surface area (Å²) in [7, 11) is 0. The number of rotatable bonds is 3. The molecule has 0 radical (unpaired) electrons. The standard InChI is InChI=1S/C14H11Br2F3N4O/c15-8-2-3-10(20-6-8)21-12(24)13(4-1-5-13)23-7-9(16)11(22-23)14(17,18)19/h2-3,6-7H,1,4-5H2,(H,20,21,24). The van der Waals surface area contributed by atoms with Crippen LogP contribution >= 0.6 is 31.9 Å². The van der Waals surface area contributed by atoms with E-state index in [1.807, 2.05) is 0 Å². The van der Waals surface area contributed by atoms with Crippen LogP contribution in [-0.4, -0.2) is 20.7 Å². The Morgan fingerprint density at radius 2 is 2.00 bits per heavy atom. The zero-order valence-electron chi connectivity index (χ0n) is 12.1. The number of hydrogen-bond donors (Lipinski definition) is 1. The highest BCUT2D eigenvalue weighted by Gasteiger charge is 2.49. The van der Waals surface area contributed by atoms with Crippen LogP contribution in [-0.2, 0) is 16.5 Å². The molecule has 3 rings (SSSR count). The van der Waals surface area contributed by atoms with Gasteiger partial charge in [0.1, 0.15) is 11.4 Å². The van der Waals surface area contributed by atoms with Crippen molar-refractivity contribution in [2.75, 3.05) is 5.32 Å². The molecular formula is C14H11Br2F3N4O. The molecule has 0 aliphatic heterocycles. The van der Waals surface area contributed by atoms with Gasteiger partial charge in [-0.25, -0.2) is 4.98 Å². The third-order valence-electron chi connectivity index (χ3n) is 3.95. The van der Waals surface area contributed by atoms with E-state index in [0.29, 0.717) is 18.7 Å². The average Bonchev–Trinajstić information content (AvgIpc) is 2.82. The highest BCUT2D eigenvalue weighted by atomic mass is 79.9. The summed E-state index contributed by atoms with van der Waals surface area (Å²) in [5.74, 6) is -0.0935. The maximum absolute atomic E-state index is 12.9. The number of hydrogen-bond acceptors (Lipinski definition) is 3. The minimum absolute atomic E-state index is 0.184. The highest BCUT2D eigenvalue weighted by molar-refractivity contribution is 9.10. The van der Waals surface area contributed by atoms with Gasteiger partial charge < -0.3 is 5.32 Å². The van der Waals surface area contributed by atoms with E-state index in [2.05, 4.69) is 47.3 Å². The summed E-state index contributed by atoms with van der Waals surface area (Å²) in [6.45, 7) is 0. The molecular weight excluding hydrogens is 457 g/mol. The van der Waals surface area contributed by atoms with E-state index in [4.69, 9.17) is 0 Å². The molecule has 1 aliphatic carbocycles. The fourth-order valence-corrected chi connectivity index (χ4v) is 3.25. The third kappa shape index (κ3) is 3.08. The van der Waals surface area contributed by atoms with Crippen LogP contribution in [0.4, 0.5) is 19.0 Å². The Kier molecular flexibility index (Phi) is 4.45. The van der Waals surface area contributed by atoms with Crippen molar-refractivity contribution in [3.8, 4) is 0 Å². The van der Waals surface area contributed by atoms with Crippen LogP contribution in [0.2, 0.25) is 0 Å². The number of halogens is 5. The van der Waals surface area contributed by atoms with Gasteiger partial charge in [-0.2, -0.15) is 18.3 Å². The molecule has 0 saturated heterocycles. The van der Waals surface area contributed by atoms with Gasteiger partial charge in [-0.3, -0.25) is 9.48 Å². The normalized spacial score (nSPS) is 16.5. The van der Waals surface area contributed by atoms with Crippen molar-refractivity contribution in [3.05, 3.63) is 39.2 Å². The van der Waals surface area contributed by atoms with Crippen LogP contribution in [0.5, 0.6) is 0 Å². The first kappa shape index (κ1) is 17.4. The molecule has 0 spiro atoms. The number of carbonyl (C=O) groups is 1. The van der Waals surface area contributed by atoms with E-state index in [9.17, 15) is 18.0 Å². The number of alkyl halides is 3. The number of amides is 1. The van der Waals surface area contributed by atoms with Crippen molar-refractivity contribution < 1.29 is 18.0 Å². The Morgan fingerprint density at radius 1 is 1.29 bits per heavy atom. The van der Waals surface area contributed by atoms with Gasteiger partial charge in [0.2, 0.25) is 0 Å². The number of pyridine rings is 1. The Balaban J connectivity index is 1.89. The van der Waals surface area contributed by atoms with E-state index >= 15 is 0 Å². The molecule has 1 saturated carbocycles. The molecule has 1 fully saturated rings. The molecule has 2 aromatic heterocycles. The van der Waals surface area contributed by atoms with Crippen molar-refractivity contribution in [3.63, 3.8) is 0 Å². The quantitative estimate of drug-likeness (QED) is 0.730. The van der Waals surface area contributed by atoms with Crippen LogP contribution < -0.4 is 5.32 Å². The van der Waals surface area contributed by atoms with Gasteiger partial charge in [-0.05, 0) is 63.3 Å². The van der Waals surface area contributed by atoms with Crippen molar-refractivity contribution in [2.45, 2.75) is 31.0 Å². The van der Waals surface area contributed by atoms with Crippen LogP contribution in [0.15, 0.2) is 33.5 Å². The van der Waals surface area contributed by atoms with Crippen molar-refractivity contribution in [1.82, 2.24) is 14.8 Å². The molecule has 1 N–H and O–H groups in total. The lowest BCUT2D eigenvalue weighted by Crippen LogP contribution is -2.51. The van der Waals surface area contributed by atoms with Crippen molar-refractivity contribution in [2.24, 2.45) is 0 Å². The lowest BCUT2D eigenvalue weighted by atomic mass is 9.76. The van der Waals surface area contributed by atoms with E-state index in [0.717, 1.165) is 15.6 Å². The largest absolute Gasteiger partial charge is 0.436 e. The molecule has 10 heteroatoms. The topological polar surface area (TPSA) is 59.8 Å². The lowest BCUT2D eigenvalue weighted by Gasteiger charge is -2.40. The van der Waals surface area contributed by atoms with E-state index in [-0.39, 0.29) is 4.47 Å². The Bertz CT molecular complexity index is 769. The molecule has 5 nitrogen and oxygen atoms in total. The van der Waals surface area contributed by atoms with E-state index in [1.165, 1.54) is 12.4 Å². The van der Waals surface area contributed by atoms with Crippen LogP contribution in [0, 0.1) is 0 Å². The predicted molar refractivity (Wildman–Crippen MR) is 87.3 cm³/mol. The number of aromatic nitrogens is 3. The van der Waals surface area contributed by atoms with Gasteiger partial charge in [0.15, 0.2) is 5.69 Å². The predicted octanol–water partition coefficient (Wildman–Crippen LogP) is 4.34. The van der Waals surface area contributed by atoms with Gasteiger partial charge in [0.25, 0.3) is 5.91 Å². The fourth-order valence-electron chi connectivity index (χ4n) is 2.52. The van der Waals surface area contributed by atoms with Gasteiger partial charge in [-0.15, -0.1) is 0 Å². The van der Waals surface area contributed by atoms with Gasteiger partial charge >= 0.3 is 6.18 Å². The number of anilines is 1. The summed E-state index contributed by atoms with van der Waals surface area (Å²) >= 11 is 6.11. The molecule has 2 aromatic rings. The SMILES string of the molecule is O=C(Nc1ccc(Br)cn1)C1(n2cc(Br)c(C(F)(F)F)n2)CCC1. The minimum Gasteiger partial charge on any atom is -0.309 e. The number of nitrogens with zero attached hydrogens (tertiary/aromatic N) is 3. The minimum atomic E-state index is -4.58. The Labute approximate surface area is 151 Å². The van der Waals surface area contributed by atoms with Crippen molar-refractivity contribution >= 4 is 43.6 Å². The number of carbonyl (C=O) groups excluding carboxylic acids is 1. The van der Waals surface area contributed by atoms with Gasteiger partial charge in [-0.1, -0.05) is 0 Å². The van der Waals surface area contributed by atoms with E-state index < -0.39 is 23.3 Å². The smallest absolute Gasteiger partial charge is 0.309 e. The lowest BCUT2D eigenvalue weighted by molar-refractivity contribution is -0.143. The zero-order valence-corrected chi connectivity index (χ0v) is 15.2. The molecule has 1 amide bonds. The maximum atomic E-state index is 12.9. The first-order valence-electron chi connectivity index (χ1n) is 6.98. The molecule has 0 unspecified atom stereocenters. The van der Waals surface area contributed by atoms with Gasteiger partial charge in [0.05, 0.1) is 4.47 Å². The van der Waals surface area contributed by atoms with Crippen LogP contribution in [0.3, 0.4) is 0 Å². The molecule has 2 heterocycles. The molecule has 1 aliphatic rings. The summed E-state index contributed by atoms with van der Waals surface area (Å²) in [6, 6.07) is 3.32. The molecule has 0 aromatic carbocycles. The zero-order chi connectivity index (χ0) is 17.5. The second-order valence-electron chi connectivity index (χ2n) is 5.47. The third-order valence-corrected chi connectivity index (χ3v) is 5.00. The summed E-state index contributed by atoms with van der Waals surface area (Å²) in [6.07, 6.45) is -0.285. The van der Waals surface area contributed by atoms with Gasteiger partial charge in [0, 0.05) is 16.9 Å². The maximum Gasteiger partial charge on any atom is 0.436 e. The summed E-state index contributed by atoms with van der Waals surface area (Å²) in [4.78, 5) is 16.7. The number of nitrogens with one attached hydrogen (secondary N) is 1. The van der Waals surface area contributed by atoms with Crippen LogP contribution in [0.25, 0.3) is 0 Å².